The molecule has 0 aromatic heterocycles. The van der Waals surface area contributed by atoms with Crippen LogP contribution in [0.15, 0.2) is 30.3 Å². The molecular formula is C14H20O2. The van der Waals surface area contributed by atoms with E-state index in [2.05, 4.69) is 6.92 Å². The molecule has 1 aliphatic rings. The zero-order chi connectivity index (χ0) is 11.4. The Bertz CT molecular complexity index is 321. The van der Waals surface area contributed by atoms with Crippen LogP contribution in [0.5, 0.6) is 0 Å². The third kappa shape index (κ3) is 2.45. The summed E-state index contributed by atoms with van der Waals surface area (Å²) < 4.78 is 5.68. The molecule has 2 nitrogen and oxygen atoms in total. The third-order valence-electron chi connectivity index (χ3n) is 3.36. The number of hydrogen-bond donors (Lipinski definition) is 1. The van der Waals surface area contributed by atoms with Crippen LogP contribution >= 0.6 is 0 Å². The van der Waals surface area contributed by atoms with Crippen molar-refractivity contribution in [2.24, 2.45) is 0 Å². The van der Waals surface area contributed by atoms with E-state index >= 15 is 0 Å². The molecule has 0 bridgehead atoms. The molecule has 2 heteroatoms. The summed E-state index contributed by atoms with van der Waals surface area (Å²) in [5.41, 5.74) is 0.346. The van der Waals surface area contributed by atoms with Gasteiger partial charge in [-0.05, 0) is 12.0 Å². The van der Waals surface area contributed by atoms with Crippen LogP contribution in [0, 0.1) is 0 Å². The Morgan fingerprint density at radius 2 is 2.12 bits per heavy atom. The molecule has 0 aliphatic carbocycles. The molecule has 0 radical (unpaired) electrons. The smallest absolute Gasteiger partial charge is 0.0943 e. The number of hydrogen-bond acceptors (Lipinski definition) is 2. The lowest BCUT2D eigenvalue weighted by atomic mass is 9.83. The zero-order valence-corrected chi connectivity index (χ0v) is 9.86. The largest absolute Gasteiger partial charge is 0.385 e. The van der Waals surface area contributed by atoms with Crippen molar-refractivity contribution in [3.63, 3.8) is 0 Å². The first-order valence-corrected chi connectivity index (χ1v) is 6.14. The number of rotatable bonds is 3. The lowest BCUT2D eigenvalue weighted by molar-refractivity contribution is -0.110. The summed E-state index contributed by atoms with van der Waals surface area (Å²) >= 11 is 0. The van der Waals surface area contributed by atoms with Gasteiger partial charge in [-0.15, -0.1) is 0 Å². The number of aliphatic hydroxyl groups is 1. The zero-order valence-electron chi connectivity index (χ0n) is 9.86. The van der Waals surface area contributed by atoms with Crippen LogP contribution in [-0.2, 0) is 10.3 Å². The molecule has 2 atom stereocenters. The van der Waals surface area contributed by atoms with Crippen LogP contribution in [0.2, 0.25) is 0 Å². The molecule has 1 saturated heterocycles. The average molecular weight is 220 g/mol. The van der Waals surface area contributed by atoms with Crippen molar-refractivity contribution < 1.29 is 9.84 Å². The van der Waals surface area contributed by atoms with Crippen molar-refractivity contribution in [1.29, 1.82) is 0 Å². The van der Waals surface area contributed by atoms with Gasteiger partial charge in [0.25, 0.3) is 0 Å². The average Bonchev–Trinajstić information content (AvgIpc) is 2.31. The van der Waals surface area contributed by atoms with Gasteiger partial charge < -0.3 is 9.84 Å². The van der Waals surface area contributed by atoms with E-state index in [1.165, 1.54) is 0 Å². The quantitative estimate of drug-likeness (QED) is 0.848. The van der Waals surface area contributed by atoms with E-state index in [-0.39, 0.29) is 6.10 Å². The van der Waals surface area contributed by atoms with Gasteiger partial charge in [0.2, 0.25) is 0 Å². The third-order valence-corrected chi connectivity index (χ3v) is 3.36. The summed E-state index contributed by atoms with van der Waals surface area (Å²) in [4.78, 5) is 0. The second-order valence-corrected chi connectivity index (χ2v) is 4.63. The normalized spacial score (nSPS) is 30.2. The fourth-order valence-corrected chi connectivity index (χ4v) is 2.45. The van der Waals surface area contributed by atoms with E-state index in [1.807, 2.05) is 30.3 Å². The maximum Gasteiger partial charge on any atom is 0.0943 e. The van der Waals surface area contributed by atoms with E-state index in [9.17, 15) is 5.11 Å². The van der Waals surface area contributed by atoms with Gasteiger partial charge in [-0.25, -0.2) is 0 Å². The fourth-order valence-electron chi connectivity index (χ4n) is 2.45. The lowest BCUT2D eigenvalue weighted by Crippen LogP contribution is -2.38. The molecule has 1 fully saturated rings. The van der Waals surface area contributed by atoms with Crippen molar-refractivity contribution in [2.45, 2.75) is 44.3 Å². The van der Waals surface area contributed by atoms with Gasteiger partial charge in [-0.2, -0.15) is 0 Å². The van der Waals surface area contributed by atoms with E-state index in [0.29, 0.717) is 13.0 Å². The molecule has 2 unspecified atom stereocenters. The highest BCUT2D eigenvalue weighted by molar-refractivity contribution is 5.22. The SMILES string of the molecule is CCCC1CC(O)(c2ccccc2)CCO1. The molecule has 1 heterocycles. The highest BCUT2D eigenvalue weighted by atomic mass is 16.5. The summed E-state index contributed by atoms with van der Waals surface area (Å²) in [5.74, 6) is 0. The van der Waals surface area contributed by atoms with Gasteiger partial charge >= 0.3 is 0 Å². The van der Waals surface area contributed by atoms with Crippen LogP contribution in [0.25, 0.3) is 0 Å². The van der Waals surface area contributed by atoms with Crippen LogP contribution in [-0.4, -0.2) is 17.8 Å². The molecule has 0 amide bonds. The topological polar surface area (TPSA) is 29.5 Å². The van der Waals surface area contributed by atoms with E-state index in [4.69, 9.17) is 4.74 Å². The minimum absolute atomic E-state index is 0.212. The number of ether oxygens (including phenoxy) is 1. The van der Waals surface area contributed by atoms with Crippen molar-refractivity contribution in [2.75, 3.05) is 6.61 Å². The lowest BCUT2D eigenvalue weighted by Gasteiger charge is -2.37. The molecule has 1 aromatic carbocycles. The summed E-state index contributed by atoms with van der Waals surface area (Å²) in [6.07, 6.45) is 3.79. The maximum absolute atomic E-state index is 10.7. The summed E-state index contributed by atoms with van der Waals surface area (Å²) in [6.45, 7) is 2.82. The minimum Gasteiger partial charge on any atom is -0.385 e. The summed E-state index contributed by atoms with van der Waals surface area (Å²) in [7, 11) is 0. The van der Waals surface area contributed by atoms with Gasteiger partial charge in [0.1, 0.15) is 0 Å². The van der Waals surface area contributed by atoms with Gasteiger partial charge in [-0.3, -0.25) is 0 Å². The summed E-state index contributed by atoms with van der Waals surface area (Å²) in [6, 6.07) is 9.97. The summed E-state index contributed by atoms with van der Waals surface area (Å²) in [5, 5.41) is 10.7. The first-order valence-electron chi connectivity index (χ1n) is 6.14. The Hall–Kier alpha value is -0.860. The van der Waals surface area contributed by atoms with E-state index in [1.54, 1.807) is 0 Å². The van der Waals surface area contributed by atoms with E-state index in [0.717, 1.165) is 24.8 Å². The molecule has 88 valence electrons. The Morgan fingerprint density at radius 3 is 2.81 bits per heavy atom. The molecular weight excluding hydrogens is 200 g/mol. The maximum atomic E-state index is 10.7. The predicted molar refractivity (Wildman–Crippen MR) is 64.2 cm³/mol. The first kappa shape index (κ1) is 11.6. The molecule has 0 spiro atoms. The van der Waals surface area contributed by atoms with Gasteiger partial charge in [0, 0.05) is 12.8 Å². The van der Waals surface area contributed by atoms with Gasteiger partial charge in [0.15, 0.2) is 0 Å². The van der Waals surface area contributed by atoms with Crippen LogP contribution in [0.3, 0.4) is 0 Å². The van der Waals surface area contributed by atoms with Gasteiger partial charge in [0.05, 0.1) is 18.3 Å². The number of benzene rings is 1. The second-order valence-electron chi connectivity index (χ2n) is 4.63. The van der Waals surface area contributed by atoms with Crippen LogP contribution < -0.4 is 0 Å². The molecule has 1 aromatic rings. The minimum atomic E-state index is -0.681. The monoisotopic (exact) mass is 220 g/mol. The Kier molecular flexibility index (Phi) is 3.62. The molecule has 16 heavy (non-hydrogen) atoms. The highest BCUT2D eigenvalue weighted by Gasteiger charge is 2.35. The fraction of sp³-hybridized carbons (Fsp3) is 0.571. The molecule has 1 N–H and O–H groups in total. The van der Waals surface area contributed by atoms with Crippen molar-refractivity contribution >= 4 is 0 Å². The van der Waals surface area contributed by atoms with Crippen LogP contribution in [0.1, 0.15) is 38.2 Å². The van der Waals surface area contributed by atoms with Crippen molar-refractivity contribution in [1.82, 2.24) is 0 Å². The molecule has 1 aliphatic heterocycles. The Morgan fingerprint density at radius 1 is 1.38 bits per heavy atom. The standard InChI is InChI=1S/C14H20O2/c1-2-6-13-11-14(15,9-10-16-13)12-7-4-3-5-8-12/h3-5,7-8,13,15H,2,6,9-11H2,1H3. The van der Waals surface area contributed by atoms with E-state index < -0.39 is 5.60 Å². The second kappa shape index (κ2) is 4.98. The molecule has 0 saturated carbocycles. The van der Waals surface area contributed by atoms with Crippen LogP contribution in [0.4, 0.5) is 0 Å². The van der Waals surface area contributed by atoms with Crippen molar-refractivity contribution in [3.8, 4) is 0 Å². The Labute approximate surface area is 97.3 Å². The predicted octanol–water partition coefficient (Wildman–Crippen LogP) is 2.85. The molecule has 2 rings (SSSR count). The first-order chi connectivity index (χ1) is 7.74. The highest BCUT2D eigenvalue weighted by Crippen LogP contribution is 2.35. The Balaban J connectivity index is 2.12. The van der Waals surface area contributed by atoms with Gasteiger partial charge in [-0.1, -0.05) is 43.7 Å². The van der Waals surface area contributed by atoms with Crippen molar-refractivity contribution in [3.05, 3.63) is 35.9 Å².